The Kier molecular flexibility index (Phi) is 6.82. The molecule has 26 heavy (non-hydrogen) atoms. The van der Waals surface area contributed by atoms with Crippen LogP contribution < -0.4 is 5.10 Å². The Morgan fingerprint density at radius 3 is 2.46 bits per heavy atom. The van der Waals surface area contributed by atoms with Gasteiger partial charge in [0.25, 0.3) is 0 Å². The number of hydrogen-bond acceptors (Lipinski definition) is 3. The van der Waals surface area contributed by atoms with E-state index in [1.54, 1.807) is 30.6 Å². The fraction of sp³-hybridized carbons (Fsp3) is 0. The molecule has 0 unspecified atom stereocenters. The zero-order chi connectivity index (χ0) is 17.6. The Labute approximate surface area is 160 Å². The van der Waals surface area contributed by atoms with E-state index in [-0.39, 0.29) is 25.8 Å². The van der Waals surface area contributed by atoms with E-state index >= 15 is 0 Å². The van der Waals surface area contributed by atoms with Crippen molar-refractivity contribution >= 4 is 0 Å². The first-order valence-corrected chi connectivity index (χ1v) is 7.07. The van der Waals surface area contributed by atoms with Gasteiger partial charge in [-0.15, -0.1) is 12.1 Å². The summed E-state index contributed by atoms with van der Waals surface area (Å²) in [5.41, 5.74) is 1.22. The van der Waals surface area contributed by atoms with Crippen molar-refractivity contribution < 1.29 is 33.3 Å². The van der Waals surface area contributed by atoms with Gasteiger partial charge in [0.05, 0.1) is 0 Å². The molecule has 0 spiro atoms. The molecule has 4 aromatic rings. The zero-order valence-electron chi connectivity index (χ0n) is 13.0. The average molecular weight is 534 g/mol. The molecule has 0 aliphatic carbocycles. The Morgan fingerprint density at radius 2 is 1.88 bits per heavy atom. The second-order valence-electron chi connectivity index (χ2n) is 4.73. The van der Waals surface area contributed by atoms with Gasteiger partial charge in [-0.3, -0.25) is 18.4 Å². The summed E-state index contributed by atoms with van der Waals surface area (Å²) in [6.45, 7) is 0. The van der Waals surface area contributed by atoms with E-state index in [4.69, 9.17) is 0 Å². The predicted molar refractivity (Wildman–Crippen MR) is 83.1 cm³/mol. The first kappa shape index (κ1) is 19.6. The summed E-state index contributed by atoms with van der Waals surface area (Å²) in [5.74, 6) is -1.90. The molecule has 4 rings (SSSR count). The van der Waals surface area contributed by atoms with Crippen molar-refractivity contribution in [2.24, 2.45) is 0 Å². The smallest absolute Gasteiger partial charge is 0.193 e. The molecule has 0 atom stereocenters. The SMILES string of the molecule is Fc1c[c-]c(-n2cccn2)c(F)c1.Fc1cc(-c2ccccn2)[n-]n1.[Ir]. The molecule has 0 saturated heterocycles. The minimum absolute atomic E-state index is 0. The van der Waals surface area contributed by atoms with Gasteiger partial charge in [0.1, 0.15) is 0 Å². The van der Waals surface area contributed by atoms with Gasteiger partial charge in [-0.1, -0.05) is 11.8 Å². The molecule has 9 heteroatoms. The third-order valence-electron chi connectivity index (χ3n) is 3.01. The number of hydrogen-bond donors (Lipinski definition) is 0. The number of pyridine rings is 1. The van der Waals surface area contributed by atoms with Crippen LogP contribution in [-0.2, 0) is 20.1 Å². The van der Waals surface area contributed by atoms with Gasteiger partial charge in [-0.2, -0.15) is 15.6 Å². The molecule has 0 amide bonds. The minimum atomic E-state index is -0.677. The van der Waals surface area contributed by atoms with Crippen LogP contribution in [0.1, 0.15) is 0 Å². The third kappa shape index (κ3) is 4.87. The molecule has 0 N–H and O–H groups in total. The van der Waals surface area contributed by atoms with E-state index in [1.807, 2.05) is 6.07 Å². The summed E-state index contributed by atoms with van der Waals surface area (Å²) >= 11 is 0. The third-order valence-corrected chi connectivity index (χ3v) is 3.01. The van der Waals surface area contributed by atoms with Crippen LogP contribution in [0.15, 0.2) is 61.1 Å². The molecule has 5 nitrogen and oxygen atoms in total. The van der Waals surface area contributed by atoms with Gasteiger partial charge in [0.2, 0.25) is 0 Å². The van der Waals surface area contributed by atoms with E-state index in [9.17, 15) is 13.2 Å². The molecule has 3 aromatic heterocycles. The summed E-state index contributed by atoms with van der Waals surface area (Å²) < 4.78 is 39.3. The van der Waals surface area contributed by atoms with E-state index in [1.165, 1.54) is 16.9 Å². The molecule has 3 heterocycles. The second kappa shape index (κ2) is 9.07. The van der Waals surface area contributed by atoms with Crippen LogP contribution in [0.5, 0.6) is 0 Å². The summed E-state index contributed by atoms with van der Waals surface area (Å²) in [5, 5.41) is 10.6. The van der Waals surface area contributed by atoms with E-state index < -0.39 is 17.6 Å². The van der Waals surface area contributed by atoms with Crippen molar-refractivity contribution in [1.82, 2.24) is 25.0 Å². The number of nitrogens with zero attached hydrogens (tertiary/aromatic N) is 5. The van der Waals surface area contributed by atoms with Crippen LogP contribution in [0.4, 0.5) is 13.2 Å². The standard InChI is InChI=1S/C9H5F2N2.C8H5FN3.Ir/c10-7-2-3-9(8(11)6-7)13-5-1-4-12-13;9-8-5-7(11-12-8)6-3-1-2-4-10-6;/h1-2,4-6H;1-5H;/q2*-1;. The molecule has 0 saturated carbocycles. The second-order valence-corrected chi connectivity index (χ2v) is 4.73. The van der Waals surface area contributed by atoms with Crippen molar-refractivity contribution in [1.29, 1.82) is 0 Å². The maximum Gasteiger partial charge on any atom is 0.193 e. The maximum absolute atomic E-state index is 13.1. The summed E-state index contributed by atoms with van der Waals surface area (Å²) in [6.07, 6.45) is 4.70. The fourth-order valence-electron chi connectivity index (χ4n) is 1.93. The summed E-state index contributed by atoms with van der Waals surface area (Å²) in [7, 11) is 0. The molecule has 0 bridgehead atoms. The normalized spacial score (nSPS) is 9.81. The zero-order valence-corrected chi connectivity index (χ0v) is 15.4. The number of rotatable bonds is 2. The first-order valence-electron chi connectivity index (χ1n) is 7.07. The van der Waals surface area contributed by atoms with Crippen molar-refractivity contribution in [2.75, 3.05) is 0 Å². The molecular formula is C17H10F3IrN5-2. The molecular weight excluding hydrogens is 523 g/mol. The van der Waals surface area contributed by atoms with Gasteiger partial charge in [0, 0.05) is 56.0 Å². The minimum Gasteiger partial charge on any atom is -0.571 e. The fourth-order valence-corrected chi connectivity index (χ4v) is 1.93. The van der Waals surface area contributed by atoms with Crippen molar-refractivity contribution in [3.8, 4) is 17.1 Å². The Hall–Kier alpha value is -2.77. The van der Waals surface area contributed by atoms with Gasteiger partial charge in [-0.25, -0.2) is 0 Å². The predicted octanol–water partition coefficient (Wildman–Crippen LogP) is 3.19. The Balaban J connectivity index is 0.000000180. The van der Waals surface area contributed by atoms with Crippen molar-refractivity contribution in [3.05, 3.63) is 84.7 Å². The number of benzene rings is 1. The molecule has 135 valence electrons. The molecule has 0 aliphatic heterocycles. The monoisotopic (exact) mass is 534 g/mol. The molecule has 0 fully saturated rings. The Bertz CT molecular complexity index is 942. The number of halogens is 3. The van der Waals surface area contributed by atoms with Crippen LogP contribution >= 0.6 is 0 Å². The molecule has 1 aromatic carbocycles. The van der Waals surface area contributed by atoms with Gasteiger partial charge >= 0.3 is 0 Å². The van der Waals surface area contributed by atoms with Crippen LogP contribution in [0, 0.1) is 23.6 Å². The van der Waals surface area contributed by atoms with Crippen LogP contribution in [-0.4, -0.2) is 19.9 Å². The summed E-state index contributed by atoms with van der Waals surface area (Å²) in [6, 6.07) is 12.6. The first-order chi connectivity index (χ1) is 12.1. The largest absolute Gasteiger partial charge is 0.571 e. The van der Waals surface area contributed by atoms with Crippen LogP contribution in [0.2, 0.25) is 0 Å². The van der Waals surface area contributed by atoms with Crippen molar-refractivity contribution in [3.63, 3.8) is 0 Å². The van der Waals surface area contributed by atoms with Crippen LogP contribution in [0.25, 0.3) is 17.1 Å². The molecule has 0 aliphatic rings. The average Bonchev–Trinajstić information content (AvgIpc) is 3.28. The molecule has 1 radical (unpaired) electrons. The Morgan fingerprint density at radius 1 is 1.04 bits per heavy atom. The van der Waals surface area contributed by atoms with E-state index in [0.717, 1.165) is 12.1 Å². The quantitative estimate of drug-likeness (QED) is 0.372. The van der Waals surface area contributed by atoms with Gasteiger partial charge in [-0.05, 0) is 30.0 Å². The maximum atomic E-state index is 13.1. The van der Waals surface area contributed by atoms with Crippen LogP contribution in [0.3, 0.4) is 0 Å². The number of aromatic nitrogens is 5. The van der Waals surface area contributed by atoms with Gasteiger partial charge < -0.3 is 10.2 Å². The summed E-state index contributed by atoms with van der Waals surface area (Å²) in [4.78, 5) is 3.99. The van der Waals surface area contributed by atoms with E-state index in [0.29, 0.717) is 11.4 Å². The van der Waals surface area contributed by atoms with Gasteiger partial charge in [0.15, 0.2) is 5.95 Å². The topological polar surface area (TPSA) is 57.7 Å². The van der Waals surface area contributed by atoms with E-state index in [2.05, 4.69) is 26.3 Å². The van der Waals surface area contributed by atoms with Crippen molar-refractivity contribution in [2.45, 2.75) is 0 Å².